The summed E-state index contributed by atoms with van der Waals surface area (Å²) in [6, 6.07) is 11.6. The van der Waals surface area contributed by atoms with Gasteiger partial charge in [0.1, 0.15) is 11.5 Å². The van der Waals surface area contributed by atoms with Gasteiger partial charge in [-0.15, -0.1) is 13.2 Å². The van der Waals surface area contributed by atoms with Crippen LogP contribution in [0.15, 0.2) is 61.7 Å². The van der Waals surface area contributed by atoms with Gasteiger partial charge in [-0.05, 0) is 53.1 Å². The van der Waals surface area contributed by atoms with E-state index in [1.807, 2.05) is 12.1 Å². The third-order valence-electron chi connectivity index (χ3n) is 4.32. The first kappa shape index (κ1) is 17.9. The minimum absolute atomic E-state index is 0.193. The van der Waals surface area contributed by atoms with Gasteiger partial charge < -0.3 is 10.2 Å². The van der Waals surface area contributed by atoms with Crippen LogP contribution in [0, 0.1) is 5.92 Å². The molecule has 0 bridgehead atoms. The Labute approximate surface area is 144 Å². The van der Waals surface area contributed by atoms with Crippen LogP contribution in [0.5, 0.6) is 11.5 Å². The van der Waals surface area contributed by atoms with E-state index < -0.39 is 0 Å². The molecule has 0 radical (unpaired) electrons. The first-order chi connectivity index (χ1) is 11.5. The normalized spacial score (nSPS) is 11.0. The molecule has 0 fully saturated rings. The van der Waals surface area contributed by atoms with E-state index in [1.54, 1.807) is 24.3 Å². The molecule has 0 heterocycles. The number of aromatic hydroxyl groups is 2. The van der Waals surface area contributed by atoms with Crippen LogP contribution in [0.25, 0.3) is 0 Å². The van der Waals surface area contributed by atoms with Crippen molar-refractivity contribution in [1.29, 1.82) is 0 Å². The van der Waals surface area contributed by atoms with Crippen molar-refractivity contribution in [3.05, 3.63) is 84.0 Å². The van der Waals surface area contributed by atoms with E-state index in [0.717, 1.165) is 22.3 Å². The van der Waals surface area contributed by atoms with Crippen LogP contribution in [0.1, 0.15) is 42.0 Å². The summed E-state index contributed by atoms with van der Waals surface area (Å²) in [4.78, 5) is 0. The monoisotopic (exact) mass is 322 g/mol. The molecule has 0 aromatic heterocycles. The molecule has 0 saturated heterocycles. The Kier molecular flexibility index (Phi) is 5.86. The quantitative estimate of drug-likeness (QED) is 0.675. The predicted octanol–water partition coefficient (Wildman–Crippen LogP) is 5.34. The van der Waals surface area contributed by atoms with Gasteiger partial charge in [0.15, 0.2) is 0 Å². The Balaban J connectivity index is 2.50. The van der Waals surface area contributed by atoms with Crippen molar-refractivity contribution in [3.8, 4) is 11.5 Å². The molecule has 2 rings (SSSR count). The SMILES string of the molecule is C=CCc1cc(C(c2ccc(O)c(CC=C)c2)C(C)C)ccc1O. The number of hydrogen-bond acceptors (Lipinski definition) is 2. The lowest BCUT2D eigenvalue weighted by atomic mass is 9.81. The summed E-state index contributed by atoms with van der Waals surface area (Å²) in [5, 5.41) is 20.0. The van der Waals surface area contributed by atoms with Crippen LogP contribution in [0.2, 0.25) is 0 Å². The van der Waals surface area contributed by atoms with Crippen LogP contribution < -0.4 is 0 Å². The third-order valence-corrected chi connectivity index (χ3v) is 4.32. The Morgan fingerprint density at radius 2 is 1.25 bits per heavy atom. The molecule has 24 heavy (non-hydrogen) atoms. The topological polar surface area (TPSA) is 40.5 Å². The summed E-state index contributed by atoms with van der Waals surface area (Å²) < 4.78 is 0. The molecule has 0 saturated carbocycles. The Morgan fingerprint density at radius 1 is 0.833 bits per heavy atom. The van der Waals surface area contributed by atoms with Crippen molar-refractivity contribution >= 4 is 0 Å². The first-order valence-electron chi connectivity index (χ1n) is 8.33. The average Bonchev–Trinajstić information content (AvgIpc) is 2.54. The summed E-state index contributed by atoms with van der Waals surface area (Å²) in [7, 11) is 0. The molecule has 0 unspecified atom stereocenters. The third kappa shape index (κ3) is 3.88. The van der Waals surface area contributed by atoms with Crippen molar-refractivity contribution in [2.75, 3.05) is 0 Å². The summed E-state index contributed by atoms with van der Waals surface area (Å²) in [5.41, 5.74) is 4.10. The van der Waals surface area contributed by atoms with Crippen molar-refractivity contribution in [1.82, 2.24) is 0 Å². The summed E-state index contributed by atoms with van der Waals surface area (Å²) >= 11 is 0. The van der Waals surface area contributed by atoms with E-state index in [-0.39, 0.29) is 5.92 Å². The van der Waals surface area contributed by atoms with Gasteiger partial charge in [0.05, 0.1) is 0 Å². The average molecular weight is 322 g/mol. The van der Waals surface area contributed by atoms with E-state index >= 15 is 0 Å². The molecular formula is C22H26O2. The maximum Gasteiger partial charge on any atom is 0.119 e. The second-order valence-electron chi connectivity index (χ2n) is 6.48. The molecule has 2 N–H and O–H groups in total. The molecule has 0 aliphatic carbocycles. The lowest BCUT2D eigenvalue weighted by Gasteiger charge is -2.24. The highest BCUT2D eigenvalue weighted by Crippen LogP contribution is 2.36. The zero-order valence-corrected chi connectivity index (χ0v) is 14.5. The fourth-order valence-electron chi connectivity index (χ4n) is 3.20. The van der Waals surface area contributed by atoms with E-state index in [1.165, 1.54) is 0 Å². The van der Waals surface area contributed by atoms with Crippen molar-refractivity contribution < 1.29 is 10.2 Å². The van der Waals surface area contributed by atoms with Crippen LogP contribution in [0.4, 0.5) is 0 Å². The summed E-state index contributed by atoms with van der Waals surface area (Å²) in [6.07, 6.45) is 4.88. The molecule has 2 aromatic rings. The van der Waals surface area contributed by atoms with Crippen LogP contribution >= 0.6 is 0 Å². The van der Waals surface area contributed by atoms with Gasteiger partial charge >= 0.3 is 0 Å². The van der Waals surface area contributed by atoms with Gasteiger partial charge in [-0.2, -0.15) is 0 Å². The Hall–Kier alpha value is -2.48. The molecule has 2 aromatic carbocycles. The van der Waals surface area contributed by atoms with Gasteiger partial charge in [0, 0.05) is 5.92 Å². The van der Waals surface area contributed by atoms with Gasteiger partial charge in [-0.1, -0.05) is 50.3 Å². The van der Waals surface area contributed by atoms with Crippen molar-refractivity contribution in [3.63, 3.8) is 0 Å². The molecule has 0 amide bonds. The standard InChI is InChI=1S/C22H26O2/c1-5-7-16-13-18(9-11-20(16)23)22(15(3)4)19-10-12-21(24)17(14-19)8-6-2/h5-6,9-15,22-24H,1-2,7-8H2,3-4H3. The molecule has 0 aliphatic heterocycles. The Morgan fingerprint density at radius 3 is 1.58 bits per heavy atom. The minimum Gasteiger partial charge on any atom is -0.508 e. The number of hydrogen-bond donors (Lipinski definition) is 2. The molecule has 0 atom stereocenters. The molecule has 0 aliphatic rings. The lowest BCUT2D eigenvalue weighted by molar-refractivity contribution is 0.467. The largest absolute Gasteiger partial charge is 0.508 e. The maximum absolute atomic E-state index is 10.0. The van der Waals surface area contributed by atoms with Crippen molar-refractivity contribution in [2.24, 2.45) is 5.92 Å². The highest BCUT2D eigenvalue weighted by molar-refractivity contribution is 5.45. The van der Waals surface area contributed by atoms with Gasteiger partial charge in [-0.3, -0.25) is 0 Å². The van der Waals surface area contributed by atoms with Crippen LogP contribution in [0.3, 0.4) is 0 Å². The maximum atomic E-state index is 10.0. The smallest absolute Gasteiger partial charge is 0.119 e. The minimum atomic E-state index is 0.193. The predicted molar refractivity (Wildman–Crippen MR) is 101 cm³/mol. The zero-order chi connectivity index (χ0) is 17.7. The second kappa shape index (κ2) is 7.87. The number of phenols is 2. The van der Waals surface area contributed by atoms with Gasteiger partial charge in [0.2, 0.25) is 0 Å². The molecular weight excluding hydrogens is 296 g/mol. The first-order valence-corrected chi connectivity index (χ1v) is 8.33. The number of allylic oxidation sites excluding steroid dienone is 2. The summed E-state index contributed by atoms with van der Waals surface area (Å²) in [6.45, 7) is 11.9. The fraction of sp³-hybridized carbons (Fsp3) is 0.273. The number of rotatable bonds is 7. The van der Waals surface area contributed by atoms with Crippen LogP contribution in [-0.4, -0.2) is 10.2 Å². The second-order valence-corrected chi connectivity index (χ2v) is 6.48. The van der Waals surface area contributed by atoms with E-state index in [4.69, 9.17) is 0 Å². The van der Waals surface area contributed by atoms with Gasteiger partial charge in [-0.25, -0.2) is 0 Å². The number of benzene rings is 2. The van der Waals surface area contributed by atoms with Crippen LogP contribution in [-0.2, 0) is 12.8 Å². The van der Waals surface area contributed by atoms with E-state index in [2.05, 4.69) is 39.1 Å². The highest BCUT2D eigenvalue weighted by Gasteiger charge is 2.20. The fourth-order valence-corrected chi connectivity index (χ4v) is 3.20. The zero-order valence-electron chi connectivity index (χ0n) is 14.5. The van der Waals surface area contributed by atoms with E-state index in [9.17, 15) is 10.2 Å². The molecule has 2 heteroatoms. The molecule has 126 valence electrons. The molecule has 0 spiro atoms. The highest BCUT2D eigenvalue weighted by atomic mass is 16.3. The Bertz CT molecular complexity index is 669. The molecule has 2 nitrogen and oxygen atoms in total. The van der Waals surface area contributed by atoms with E-state index in [0.29, 0.717) is 30.3 Å². The summed E-state index contributed by atoms with van der Waals surface area (Å²) in [5.74, 6) is 1.18. The lowest BCUT2D eigenvalue weighted by Crippen LogP contribution is -2.09. The van der Waals surface area contributed by atoms with Crippen molar-refractivity contribution in [2.45, 2.75) is 32.6 Å². The number of phenolic OH excluding ortho intramolecular Hbond substituents is 2. The van der Waals surface area contributed by atoms with Gasteiger partial charge in [0.25, 0.3) is 0 Å².